The molecule has 0 bridgehead atoms. The van der Waals surface area contributed by atoms with Crippen LogP contribution in [0.25, 0.3) is 0 Å². The predicted octanol–water partition coefficient (Wildman–Crippen LogP) is 3.97. The van der Waals surface area contributed by atoms with Gasteiger partial charge in [0.25, 0.3) is 11.6 Å². The summed E-state index contributed by atoms with van der Waals surface area (Å²) in [5, 5.41) is 11.0. The molecule has 1 amide bonds. The van der Waals surface area contributed by atoms with Gasteiger partial charge in [-0.1, -0.05) is 12.1 Å². The van der Waals surface area contributed by atoms with Crippen molar-refractivity contribution in [2.45, 2.75) is 26.5 Å². The molecule has 2 aromatic carbocycles. The second-order valence-electron chi connectivity index (χ2n) is 6.11. The van der Waals surface area contributed by atoms with Gasteiger partial charge < -0.3 is 14.4 Å². The summed E-state index contributed by atoms with van der Waals surface area (Å²) in [7, 11) is 3.25. The first-order valence-corrected chi connectivity index (χ1v) is 8.65. The van der Waals surface area contributed by atoms with E-state index < -0.39 is 4.92 Å². The number of carbonyl (C=O) groups is 1. The summed E-state index contributed by atoms with van der Waals surface area (Å²) < 4.78 is 10.8. The maximum absolute atomic E-state index is 12.9. The largest absolute Gasteiger partial charge is 0.496 e. The molecule has 2 rings (SSSR count). The number of non-ortho nitro benzene ring substituents is 1. The number of ether oxygens (including phenoxy) is 2. The van der Waals surface area contributed by atoms with Gasteiger partial charge in [-0.05, 0) is 37.6 Å². The van der Waals surface area contributed by atoms with Crippen LogP contribution in [-0.4, -0.2) is 36.5 Å². The fourth-order valence-electron chi connectivity index (χ4n) is 2.74. The number of hydrogen-bond donors (Lipinski definition) is 0. The van der Waals surface area contributed by atoms with Crippen molar-refractivity contribution in [3.63, 3.8) is 0 Å². The second-order valence-corrected chi connectivity index (χ2v) is 6.11. The Bertz CT molecular complexity index is 822. The molecule has 0 unspecified atom stereocenters. The third-order valence-corrected chi connectivity index (χ3v) is 4.45. The van der Waals surface area contributed by atoms with Crippen molar-refractivity contribution in [3.8, 4) is 5.75 Å². The van der Waals surface area contributed by atoms with E-state index in [2.05, 4.69) is 0 Å². The Hall–Kier alpha value is -2.93. The molecule has 1 atom stereocenters. The molecule has 0 saturated heterocycles. The van der Waals surface area contributed by atoms with E-state index in [0.717, 1.165) is 5.56 Å². The molecule has 0 heterocycles. The number of carbonyl (C=O) groups excluding carboxylic acids is 1. The lowest BCUT2D eigenvalue weighted by atomic mass is 10.0. The molecule has 7 heteroatoms. The molecular formula is C20H24N2O5. The highest BCUT2D eigenvalue weighted by molar-refractivity contribution is 5.94. The third-order valence-electron chi connectivity index (χ3n) is 4.45. The fraction of sp³-hybridized carbons (Fsp3) is 0.350. The molecule has 0 fully saturated rings. The summed E-state index contributed by atoms with van der Waals surface area (Å²) in [6.45, 7) is 4.65. The Morgan fingerprint density at radius 3 is 2.63 bits per heavy atom. The summed E-state index contributed by atoms with van der Waals surface area (Å²) in [4.78, 5) is 25.0. The van der Waals surface area contributed by atoms with Crippen LogP contribution in [0.5, 0.6) is 5.75 Å². The van der Waals surface area contributed by atoms with Crippen molar-refractivity contribution >= 4 is 11.6 Å². The number of benzene rings is 2. The van der Waals surface area contributed by atoms with Crippen LogP contribution in [0.3, 0.4) is 0 Å². The second kappa shape index (κ2) is 9.14. The zero-order valence-electron chi connectivity index (χ0n) is 16.0. The summed E-state index contributed by atoms with van der Waals surface area (Å²) in [6.07, 6.45) is 0. The lowest BCUT2D eigenvalue weighted by Gasteiger charge is -2.25. The molecule has 144 valence electrons. The number of amides is 1. The Morgan fingerprint density at radius 1 is 1.26 bits per heavy atom. The van der Waals surface area contributed by atoms with Gasteiger partial charge in [0.15, 0.2) is 0 Å². The van der Waals surface area contributed by atoms with E-state index in [1.54, 1.807) is 49.4 Å². The number of nitrogens with zero attached hydrogens (tertiary/aromatic N) is 2. The van der Waals surface area contributed by atoms with Gasteiger partial charge in [0.2, 0.25) is 0 Å². The van der Waals surface area contributed by atoms with E-state index in [0.29, 0.717) is 30.1 Å². The molecule has 0 spiro atoms. The lowest BCUT2D eigenvalue weighted by molar-refractivity contribution is -0.384. The molecule has 27 heavy (non-hydrogen) atoms. The minimum Gasteiger partial charge on any atom is -0.496 e. The summed E-state index contributed by atoms with van der Waals surface area (Å²) in [5.41, 5.74) is 2.00. The van der Waals surface area contributed by atoms with Gasteiger partial charge in [0.05, 0.1) is 24.7 Å². The summed E-state index contributed by atoms with van der Waals surface area (Å²) in [6, 6.07) is 11.2. The van der Waals surface area contributed by atoms with E-state index in [9.17, 15) is 14.9 Å². The van der Waals surface area contributed by atoms with Gasteiger partial charge in [0.1, 0.15) is 5.75 Å². The topological polar surface area (TPSA) is 81.9 Å². The van der Waals surface area contributed by atoms with Crippen LogP contribution in [-0.2, 0) is 11.3 Å². The van der Waals surface area contributed by atoms with Crippen LogP contribution < -0.4 is 4.74 Å². The van der Waals surface area contributed by atoms with Crippen molar-refractivity contribution in [1.82, 2.24) is 4.90 Å². The van der Waals surface area contributed by atoms with E-state index >= 15 is 0 Å². The zero-order valence-corrected chi connectivity index (χ0v) is 16.0. The van der Waals surface area contributed by atoms with Crippen LogP contribution in [0.15, 0.2) is 42.5 Å². The first-order chi connectivity index (χ1) is 12.9. The highest BCUT2D eigenvalue weighted by atomic mass is 16.6. The zero-order chi connectivity index (χ0) is 20.0. The van der Waals surface area contributed by atoms with Crippen LogP contribution in [0, 0.1) is 10.1 Å². The molecule has 7 nitrogen and oxygen atoms in total. The normalized spacial score (nSPS) is 11.7. The van der Waals surface area contributed by atoms with E-state index in [1.165, 1.54) is 12.1 Å². The Morgan fingerprint density at radius 2 is 2.00 bits per heavy atom. The predicted molar refractivity (Wildman–Crippen MR) is 102 cm³/mol. The molecule has 0 radical (unpaired) electrons. The van der Waals surface area contributed by atoms with E-state index in [4.69, 9.17) is 9.47 Å². The van der Waals surface area contributed by atoms with Gasteiger partial charge in [-0.15, -0.1) is 0 Å². The van der Waals surface area contributed by atoms with Crippen LogP contribution in [0.2, 0.25) is 0 Å². The van der Waals surface area contributed by atoms with Crippen LogP contribution in [0.4, 0.5) is 5.69 Å². The number of hydrogen-bond acceptors (Lipinski definition) is 5. The van der Waals surface area contributed by atoms with Gasteiger partial charge in [0, 0.05) is 36.9 Å². The first kappa shape index (κ1) is 20.4. The number of methoxy groups -OCH3 is 1. The van der Waals surface area contributed by atoms with Crippen molar-refractivity contribution in [3.05, 3.63) is 69.3 Å². The lowest BCUT2D eigenvalue weighted by Crippen LogP contribution is -2.29. The van der Waals surface area contributed by atoms with Crippen LogP contribution >= 0.6 is 0 Å². The standard InChI is InChI=1S/C20H24N2O5/c1-5-27-13-17-11-16(9-10-19(17)26-4)20(23)21(3)14(2)15-7-6-8-18(12-15)22(24)25/h6-12,14H,5,13H2,1-4H3/t14-/m1/s1. The minimum atomic E-state index is -0.443. The fourth-order valence-corrected chi connectivity index (χ4v) is 2.74. The highest BCUT2D eigenvalue weighted by Gasteiger charge is 2.21. The molecule has 2 aromatic rings. The Labute approximate surface area is 158 Å². The SMILES string of the molecule is CCOCc1cc(C(=O)N(C)[C@H](C)c2cccc([N+](=O)[O-])c2)ccc1OC. The third kappa shape index (κ3) is 4.83. The molecule has 0 aliphatic heterocycles. The number of nitro groups is 1. The Balaban J connectivity index is 2.25. The monoisotopic (exact) mass is 372 g/mol. The average molecular weight is 372 g/mol. The van der Waals surface area contributed by atoms with Gasteiger partial charge in [-0.2, -0.15) is 0 Å². The highest BCUT2D eigenvalue weighted by Crippen LogP contribution is 2.26. The van der Waals surface area contributed by atoms with Gasteiger partial charge in [-0.3, -0.25) is 14.9 Å². The Kier molecular flexibility index (Phi) is 6.90. The van der Waals surface area contributed by atoms with E-state index in [-0.39, 0.29) is 17.6 Å². The summed E-state index contributed by atoms with van der Waals surface area (Å²) >= 11 is 0. The average Bonchev–Trinajstić information content (AvgIpc) is 2.70. The molecule has 0 aliphatic carbocycles. The summed E-state index contributed by atoms with van der Waals surface area (Å²) in [5.74, 6) is 0.476. The van der Waals surface area contributed by atoms with Crippen molar-refractivity contribution < 1.29 is 19.2 Å². The number of rotatable bonds is 8. The van der Waals surface area contributed by atoms with E-state index in [1.807, 2.05) is 13.8 Å². The van der Waals surface area contributed by atoms with Crippen molar-refractivity contribution in [2.75, 3.05) is 20.8 Å². The van der Waals surface area contributed by atoms with Crippen molar-refractivity contribution in [1.29, 1.82) is 0 Å². The maximum atomic E-state index is 12.9. The number of nitro benzene ring substituents is 1. The first-order valence-electron chi connectivity index (χ1n) is 8.65. The van der Waals surface area contributed by atoms with Gasteiger partial charge in [-0.25, -0.2) is 0 Å². The van der Waals surface area contributed by atoms with Crippen LogP contribution in [0.1, 0.15) is 41.4 Å². The quantitative estimate of drug-likeness (QED) is 0.517. The van der Waals surface area contributed by atoms with Gasteiger partial charge >= 0.3 is 0 Å². The molecule has 0 N–H and O–H groups in total. The smallest absolute Gasteiger partial charge is 0.269 e. The molecular weight excluding hydrogens is 348 g/mol. The molecule has 0 saturated carbocycles. The molecule has 0 aromatic heterocycles. The molecule has 0 aliphatic rings. The van der Waals surface area contributed by atoms with Crippen molar-refractivity contribution in [2.24, 2.45) is 0 Å². The minimum absolute atomic E-state index is 0.00338. The maximum Gasteiger partial charge on any atom is 0.269 e.